The summed E-state index contributed by atoms with van der Waals surface area (Å²) in [6, 6.07) is 1.28. The molecule has 0 unspecified atom stereocenters. The molecule has 5 heteroatoms. The van der Waals surface area contributed by atoms with E-state index in [1.807, 2.05) is 18.9 Å². The molecule has 1 aromatic rings. The maximum absolute atomic E-state index is 11.8. The summed E-state index contributed by atoms with van der Waals surface area (Å²) in [6.07, 6.45) is 0.186. The number of hydrogen-bond acceptors (Lipinski definition) is 5. The van der Waals surface area contributed by atoms with Crippen molar-refractivity contribution in [3.05, 3.63) is 27.8 Å². The van der Waals surface area contributed by atoms with Gasteiger partial charge in [-0.25, -0.2) is 4.79 Å². The van der Waals surface area contributed by atoms with E-state index in [0.717, 1.165) is 6.54 Å². The normalized spacial score (nSPS) is 10.8. The number of aryl methyl sites for hydroxylation is 1. The van der Waals surface area contributed by atoms with Crippen LogP contribution in [0.4, 0.5) is 0 Å². The van der Waals surface area contributed by atoms with Gasteiger partial charge in [0, 0.05) is 19.0 Å². The van der Waals surface area contributed by atoms with E-state index in [9.17, 15) is 14.7 Å². The SMILES string of the molecule is CCN(C)CCC(=O)c1c(O)cc(C)oc1=O. The fourth-order valence-corrected chi connectivity index (χ4v) is 1.43. The van der Waals surface area contributed by atoms with Crippen LogP contribution in [0.5, 0.6) is 5.75 Å². The van der Waals surface area contributed by atoms with E-state index in [1.165, 1.54) is 6.07 Å². The van der Waals surface area contributed by atoms with Crippen LogP contribution in [0, 0.1) is 6.92 Å². The van der Waals surface area contributed by atoms with Crippen LogP contribution in [-0.2, 0) is 0 Å². The van der Waals surface area contributed by atoms with E-state index in [2.05, 4.69) is 0 Å². The van der Waals surface area contributed by atoms with Crippen LogP contribution in [0.15, 0.2) is 15.3 Å². The van der Waals surface area contributed by atoms with Gasteiger partial charge in [0.2, 0.25) is 0 Å². The molecular formula is C12H17NO4. The Labute approximate surface area is 99.7 Å². The van der Waals surface area contributed by atoms with Gasteiger partial charge in [0.05, 0.1) is 0 Å². The van der Waals surface area contributed by atoms with E-state index in [4.69, 9.17) is 4.42 Å². The fourth-order valence-electron chi connectivity index (χ4n) is 1.43. The Kier molecular flexibility index (Phi) is 4.45. The molecular weight excluding hydrogens is 222 g/mol. The van der Waals surface area contributed by atoms with Gasteiger partial charge in [0.15, 0.2) is 5.78 Å². The third-order valence-corrected chi connectivity index (χ3v) is 2.59. The Morgan fingerprint density at radius 3 is 2.71 bits per heavy atom. The number of aromatic hydroxyl groups is 1. The second kappa shape index (κ2) is 5.63. The molecule has 0 radical (unpaired) electrons. The van der Waals surface area contributed by atoms with E-state index in [1.54, 1.807) is 6.92 Å². The first-order valence-electron chi connectivity index (χ1n) is 5.51. The molecule has 0 amide bonds. The Bertz CT molecular complexity index is 464. The number of carbonyl (C=O) groups is 1. The first kappa shape index (κ1) is 13.4. The second-order valence-corrected chi connectivity index (χ2v) is 3.97. The molecule has 5 nitrogen and oxygen atoms in total. The fraction of sp³-hybridized carbons (Fsp3) is 0.500. The Hall–Kier alpha value is -1.62. The van der Waals surface area contributed by atoms with Gasteiger partial charge in [-0.15, -0.1) is 0 Å². The van der Waals surface area contributed by atoms with Crippen molar-refractivity contribution in [1.82, 2.24) is 4.90 Å². The third-order valence-electron chi connectivity index (χ3n) is 2.59. The quantitative estimate of drug-likeness (QED) is 0.781. The summed E-state index contributed by atoms with van der Waals surface area (Å²) in [7, 11) is 1.88. The molecule has 1 heterocycles. The lowest BCUT2D eigenvalue weighted by molar-refractivity contribution is 0.0963. The van der Waals surface area contributed by atoms with Crippen molar-refractivity contribution in [3.8, 4) is 5.75 Å². The zero-order valence-corrected chi connectivity index (χ0v) is 10.3. The van der Waals surface area contributed by atoms with Gasteiger partial charge < -0.3 is 14.4 Å². The zero-order valence-electron chi connectivity index (χ0n) is 10.3. The third kappa shape index (κ3) is 3.42. The molecule has 1 N–H and O–H groups in total. The molecule has 0 saturated carbocycles. The van der Waals surface area contributed by atoms with Crippen LogP contribution < -0.4 is 5.63 Å². The summed E-state index contributed by atoms with van der Waals surface area (Å²) in [5.41, 5.74) is -1.02. The predicted octanol–water partition coefficient (Wildman–Crippen LogP) is 1.18. The number of ketones is 1. The highest BCUT2D eigenvalue weighted by molar-refractivity contribution is 5.98. The Balaban J connectivity index is 2.86. The maximum Gasteiger partial charge on any atom is 0.350 e. The zero-order chi connectivity index (χ0) is 13.0. The predicted molar refractivity (Wildman–Crippen MR) is 63.5 cm³/mol. The van der Waals surface area contributed by atoms with Crippen LogP contribution in [0.1, 0.15) is 29.5 Å². The second-order valence-electron chi connectivity index (χ2n) is 3.97. The first-order chi connectivity index (χ1) is 7.95. The highest BCUT2D eigenvalue weighted by atomic mass is 16.4. The smallest absolute Gasteiger partial charge is 0.350 e. The van der Waals surface area contributed by atoms with E-state index in [-0.39, 0.29) is 23.5 Å². The number of carbonyl (C=O) groups excluding carboxylic acids is 1. The number of hydrogen-bond donors (Lipinski definition) is 1. The highest BCUT2D eigenvalue weighted by Crippen LogP contribution is 2.16. The van der Waals surface area contributed by atoms with Crippen molar-refractivity contribution in [2.45, 2.75) is 20.3 Å². The van der Waals surface area contributed by atoms with Gasteiger partial charge in [0.25, 0.3) is 0 Å². The molecule has 1 aromatic heterocycles. The van der Waals surface area contributed by atoms with Gasteiger partial charge in [-0.1, -0.05) is 6.92 Å². The summed E-state index contributed by atoms with van der Waals surface area (Å²) >= 11 is 0. The van der Waals surface area contributed by atoms with Gasteiger partial charge in [0.1, 0.15) is 17.1 Å². The van der Waals surface area contributed by atoms with Crippen LogP contribution in [-0.4, -0.2) is 35.9 Å². The summed E-state index contributed by atoms with van der Waals surface area (Å²) in [4.78, 5) is 25.2. The first-order valence-corrected chi connectivity index (χ1v) is 5.51. The van der Waals surface area contributed by atoms with Gasteiger partial charge in [-0.2, -0.15) is 0 Å². The van der Waals surface area contributed by atoms with E-state index < -0.39 is 11.4 Å². The molecule has 0 fully saturated rings. The highest BCUT2D eigenvalue weighted by Gasteiger charge is 2.18. The molecule has 0 aromatic carbocycles. The minimum atomic E-state index is -0.772. The summed E-state index contributed by atoms with van der Waals surface area (Å²) in [5.74, 6) is -0.408. The number of rotatable bonds is 5. The van der Waals surface area contributed by atoms with E-state index in [0.29, 0.717) is 6.54 Å². The van der Waals surface area contributed by atoms with Gasteiger partial charge >= 0.3 is 5.63 Å². The van der Waals surface area contributed by atoms with Crippen molar-refractivity contribution < 1.29 is 14.3 Å². The standard InChI is InChI=1S/C12H17NO4/c1-4-13(3)6-5-9(14)11-10(15)7-8(2)17-12(11)16/h7,15H,4-6H2,1-3H3. The van der Waals surface area contributed by atoms with Crippen LogP contribution >= 0.6 is 0 Å². The Morgan fingerprint density at radius 2 is 2.18 bits per heavy atom. The Morgan fingerprint density at radius 1 is 1.53 bits per heavy atom. The summed E-state index contributed by atoms with van der Waals surface area (Å²) in [6.45, 7) is 4.88. The maximum atomic E-state index is 11.8. The van der Waals surface area contributed by atoms with Crippen molar-refractivity contribution in [3.63, 3.8) is 0 Å². The number of nitrogens with zero attached hydrogens (tertiary/aromatic N) is 1. The molecule has 0 aliphatic rings. The molecule has 0 atom stereocenters. The average Bonchev–Trinajstić information content (AvgIpc) is 2.24. The van der Waals surface area contributed by atoms with Crippen LogP contribution in [0.25, 0.3) is 0 Å². The summed E-state index contributed by atoms with van der Waals surface area (Å²) in [5, 5.41) is 9.57. The van der Waals surface area contributed by atoms with E-state index >= 15 is 0 Å². The van der Waals surface area contributed by atoms with Crippen molar-refractivity contribution in [1.29, 1.82) is 0 Å². The lowest BCUT2D eigenvalue weighted by Crippen LogP contribution is -2.23. The molecule has 0 aliphatic carbocycles. The van der Waals surface area contributed by atoms with Gasteiger partial charge in [-0.05, 0) is 20.5 Å². The lowest BCUT2D eigenvalue weighted by Gasteiger charge is -2.12. The largest absolute Gasteiger partial charge is 0.507 e. The molecule has 0 saturated heterocycles. The minimum Gasteiger partial charge on any atom is -0.507 e. The van der Waals surface area contributed by atoms with Crippen LogP contribution in [0.2, 0.25) is 0 Å². The topological polar surface area (TPSA) is 70.8 Å². The summed E-state index contributed by atoms with van der Waals surface area (Å²) < 4.78 is 4.79. The molecule has 0 bridgehead atoms. The van der Waals surface area contributed by atoms with Gasteiger partial charge in [-0.3, -0.25) is 4.79 Å². The molecule has 0 spiro atoms. The van der Waals surface area contributed by atoms with Crippen molar-refractivity contribution >= 4 is 5.78 Å². The minimum absolute atomic E-state index is 0.186. The number of Topliss-reactive ketones (excluding diaryl/α,β-unsaturated/α-hetero) is 1. The van der Waals surface area contributed by atoms with Crippen molar-refractivity contribution in [2.24, 2.45) is 0 Å². The van der Waals surface area contributed by atoms with Crippen LogP contribution in [0.3, 0.4) is 0 Å². The molecule has 94 valence electrons. The molecule has 1 rings (SSSR count). The molecule has 0 aliphatic heterocycles. The monoisotopic (exact) mass is 239 g/mol. The average molecular weight is 239 g/mol. The lowest BCUT2D eigenvalue weighted by atomic mass is 10.1. The van der Waals surface area contributed by atoms with Crippen molar-refractivity contribution in [2.75, 3.05) is 20.1 Å². The molecule has 17 heavy (non-hydrogen) atoms.